The van der Waals surface area contributed by atoms with Gasteiger partial charge in [0.15, 0.2) is 0 Å². The van der Waals surface area contributed by atoms with E-state index in [4.69, 9.17) is 0 Å². The van der Waals surface area contributed by atoms with Gasteiger partial charge in [0.2, 0.25) is 0 Å². The van der Waals surface area contributed by atoms with Crippen molar-refractivity contribution in [1.82, 2.24) is 9.13 Å². The molecular formula is C10H16N2O2. The second-order valence-corrected chi connectivity index (χ2v) is 3.52. The van der Waals surface area contributed by atoms with E-state index in [9.17, 15) is 9.59 Å². The molecule has 0 N–H and O–H groups in total. The lowest BCUT2D eigenvalue weighted by molar-refractivity contribution is 0.657. The van der Waals surface area contributed by atoms with E-state index in [2.05, 4.69) is 6.92 Å². The van der Waals surface area contributed by atoms with E-state index >= 15 is 0 Å². The summed E-state index contributed by atoms with van der Waals surface area (Å²) >= 11 is 0. The third kappa shape index (κ3) is 1.95. The van der Waals surface area contributed by atoms with Crippen molar-refractivity contribution in [2.45, 2.75) is 26.2 Å². The van der Waals surface area contributed by atoms with Crippen molar-refractivity contribution >= 4 is 0 Å². The molecule has 0 radical (unpaired) electrons. The van der Waals surface area contributed by atoms with Crippen LogP contribution in [0.15, 0.2) is 15.8 Å². The molecule has 78 valence electrons. The molecular weight excluding hydrogens is 180 g/mol. The van der Waals surface area contributed by atoms with Gasteiger partial charge in [-0.15, -0.1) is 0 Å². The molecule has 1 rings (SSSR count). The number of nitrogens with zero attached hydrogens (tertiary/aromatic N) is 2. The molecule has 4 heteroatoms. The molecule has 4 nitrogen and oxygen atoms in total. The fraction of sp³-hybridized carbons (Fsp3) is 0.600. The van der Waals surface area contributed by atoms with E-state index < -0.39 is 0 Å². The predicted molar refractivity (Wildman–Crippen MR) is 55.5 cm³/mol. The van der Waals surface area contributed by atoms with E-state index in [-0.39, 0.29) is 11.2 Å². The van der Waals surface area contributed by atoms with Crippen molar-refractivity contribution in [2.24, 2.45) is 14.1 Å². The lowest BCUT2D eigenvalue weighted by Gasteiger charge is -2.05. The summed E-state index contributed by atoms with van der Waals surface area (Å²) in [6.07, 6.45) is 4.41. The Kier molecular flexibility index (Phi) is 3.28. The van der Waals surface area contributed by atoms with E-state index in [0.29, 0.717) is 0 Å². The first-order valence-electron chi connectivity index (χ1n) is 4.83. The Morgan fingerprint density at radius 1 is 1.29 bits per heavy atom. The molecule has 0 aliphatic rings. The topological polar surface area (TPSA) is 44.0 Å². The van der Waals surface area contributed by atoms with Crippen LogP contribution in [0.3, 0.4) is 0 Å². The first-order valence-corrected chi connectivity index (χ1v) is 4.83. The molecule has 0 aromatic carbocycles. The Labute approximate surface area is 82.8 Å². The third-order valence-electron chi connectivity index (χ3n) is 2.32. The molecule has 0 aliphatic heterocycles. The molecule has 0 aliphatic carbocycles. The van der Waals surface area contributed by atoms with Gasteiger partial charge in [-0.3, -0.25) is 9.36 Å². The molecule has 0 fully saturated rings. The Bertz CT molecular complexity index is 429. The molecule has 1 aromatic rings. The van der Waals surface area contributed by atoms with Gasteiger partial charge < -0.3 is 4.57 Å². The molecule has 0 saturated carbocycles. The minimum Gasteiger partial charge on any atom is -0.303 e. The maximum Gasteiger partial charge on any atom is 0.330 e. The van der Waals surface area contributed by atoms with Crippen molar-refractivity contribution in [2.75, 3.05) is 0 Å². The molecule has 0 saturated heterocycles. The van der Waals surface area contributed by atoms with Gasteiger partial charge in [-0.1, -0.05) is 13.3 Å². The van der Waals surface area contributed by atoms with Crippen LogP contribution in [0.4, 0.5) is 0 Å². The largest absolute Gasteiger partial charge is 0.330 e. The summed E-state index contributed by atoms with van der Waals surface area (Å²) in [6, 6.07) is 0. The van der Waals surface area contributed by atoms with Crippen LogP contribution in [-0.2, 0) is 20.5 Å². The highest BCUT2D eigenvalue weighted by molar-refractivity contribution is 5.05. The van der Waals surface area contributed by atoms with Crippen LogP contribution in [-0.4, -0.2) is 9.13 Å². The minimum atomic E-state index is -0.268. The van der Waals surface area contributed by atoms with Crippen LogP contribution >= 0.6 is 0 Å². The summed E-state index contributed by atoms with van der Waals surface area (Å²) in [5, 5.41) is 0. The molecule has 0 spiro atoms. The van der Waals surface area contributed by atoms with Crippen LogP contribution in [0.25, 0.3) is 0 Å². The number of aromatic nitrogens is 2. The number of hydrogen-bond acceptors (Lipinski definition) is 2. The Morgan fingerprint density at radius 2 is 1.93 bits per heavy atom. The predicted octanol–water partition coefficient (Wildman–Crippen LogP) is 0.427. The van der Waals surface area contributed by atoms with Gasteiger partial charge in [0.25, 0.3) is 5.56 Å². The Balaban J connectivity index is 3.20. The summed E-state index contributed by atoms with van der Waals surface area (Å²) in [5.41, 5.74) is 0.285. The Morgan fingerprint density at radius 3 is 2.50 bits per heavy atom. The van der Waals surface area contributed by atoms with Crippen LogP contribution in [0.2, 0.25) is 0 Å². The van der Waals surface area contributed by atoms with Gasteiger partial charge in [-0.25, -0.2) is 4.79 Å². The van der Waals surface area contributed by atoms with Crippen LogP contribution in [0.5, 0.6) is 0 Å². The lowest BCUT2D eigenvalue weighted by Crippen LogP contribution is -2.38. The Hall–Kier alpha value is -1.32. The molecule has 14 heavy (non-hydrogen) atoms. The van der Waals surface area contributed by atoms with Gasteiger partial charge in [0.1, 0.15) is 0 Å². The number of unbranched alkanes of at least 4 members (excludes halogenated alkanes) is 1. The number of hydrogen-bond donors (Lipinski definition) is 0. The van der Waals surface area contributed by atoms with Gasteiger partial charge in [-0.2, -0.15) is 0 Å². The summed E-state index contributed by atoms with van der Waals surface area (Å²) in [4.78, 5) is 22.9. The van der Waals surface area contributed by atoms with Crippen LogP contribution in [0, 0.1) is 0 Å². The van der Waals surface area contributed by atoms with Gasteiger partial charge in [-0.05, 0) is 12.8 Å². The maximum absolute atomic E-state index is 11.6. The zero-order chi connectivity index (χ0) is 10.7. The standard InChI is InChI=1S/C10H16N2O2/c1-4-5-6-8-7-11(2)10(14)12(3)9(8)13/h7H,4-6H2,1-3H3. The summed E-state index contributed by atoms with van der Waals surface area (Å²) in [5.74, 6) is 0. The van der Waals surface area contributed by atoms with E-state index in [1.165, 1.54) is 11.6 Å². The van der Waals surface area contributed by atoms with Crippen molar-refractivity contribution in [3.05, 3.63) is 32.6 Å². The second kappa shape index (κ2) is 4.26. The van der Waals surface area contributed by atoms with Crippen molar-refractivity contribution in [3.8, 4) is 0 Å². The zero-order valence-corrected chi connectivity index (χ0v) is 8.91. The summed E-state index contributed by atoms with van der Waals surface area (Å²) < 4.78 is 2.61. The lowest BCUT2D eigenvalue weighted by atomic mass is 10.1. The molecule has 0 amide bonds. The van der Waals surface area contributed by atoms with E-state index in [1.807, 2.05) is 0 Å². The normalized spacial score (nSPS) is 10.5. The van der Waals surface area contributed by atoms with Gasteiger partial charge >= 0.3 is 5.69 Å². The molecule has 0 bridgehead atoms. The van der Waals surface area contributed by atoms with Crippen molar-refractivity contribution < 1.29 is 0 Å². The maximum atomic E-state index is 11.6. The molecule has 0 unspecified atom stereocenters. The highest BCUT2D eigenvalue weighted by Gasteiger charge is 2.05. The SMILES string of the molecule is CCCCc1cn(C)c(=O)n(C)c1=O. The zero-order valence-electron chi connectivity index (χ0n) is 8.91. The average molecular weight is 196 g/mol. The van der Waals surface area contributed by atoms with E-state index in [1.54, 1.807) is 13.2 Å². The summed E-state index contributed by atoms with van der Waals surface area (Å²) in [7, 11) is 3.18. The monoisotopic (exact) mass is 196 g/mol. The number of aryl methyl sites for hydroxylation is 2. The molecule has 1 aromatic heterocycles. The quantitative estimate of drug-likeness (QED) is 0.703. The van der Waals surface area contributed by atoms with Gasteiger partial charge in [0, 0.05) is 25.9 Å². The fourth-order valence-corrected chi connectivity index (χ4v) is 1.42. The number of rotatable bonds is 3. The van der Waals surface area contributed by atoms with Crippen LogP contribution in [0.1, 0.15) is 25.3 Å². The van der Waals surface area contributed by atoms with Gasteiger partial charge in [0.05, 0.1) is 0 Å². The minimum absolute atomic E-state index is 0.165. The second-order valence-electron chi connectivity index (χ2n) is 3.52. The smallest absolute Gasteiger partial charge is 0.303 e. The average Bonchev–Trinajstić information content (AvgIpc) is 2.18. The highest BCUT2D eigenvalue weighted by Crippen LogP contribution is 1.97. The van der Waals surface area contributed by atoms with Crippen molar-refractivity contribution in [1.29, 1.82) is 0 Å². The molecule has 1 heterocycles. The molecule has 0 atom stereocenters. The third-order valence-corrected chi connectivity index (χ3v) is 2.32. The van der Waals surface area contributed by atoms with Crippen LogP contribution < -0.4 is 11.2 Å². The van der Waals surface area contributed by atoms with Crippen molar-refractivity contribution in [3.63, 3.8) is 0 Å². The first-order chi connectivity index (χ1) is 6.57. The fourth-order valence-electron chi connectivity index (χ4n) is 1.42. The first kappa shape index (κ1) is 10.8. The highest BCUT2D eigenvalue weighted by atomic mass is 16.2. The van der Waals surface area contributed by atoms with E-state index in [0.717, 1.165) is 29.4 Å². The summed E-state index contributed by atoms with van der Waals surface area (Å²) in [6.45, 7) is 2.08.